The summed E-state index contributed by atoms with van der Waals surface area (Å²) in [5.41, 5.74) is -0.613. The van der Waals surface area contributed by atoms with E-state index < -0.39 is 29.2 Å². The van der Waals surface area contributed by atoms with E-state index >= 15 is 0 Å². The van der Waals surface area contributed by atoms with Crippen LogP contribution in [0.1, 0.15) is 40.9 Å². The summed E-state index contributed by atoms with van der Waals surface area (Å²) in [4.78, 5) is 24.2. The van der Waals surface area contributed by atoms with Crippen molar-refractivity contribution < 1.29 is 37.3 Å². The highest BCUT2D eigenvalue weighted by Gasteiger charge is 2.31. The van der Waals surface area contributed by atoms with E-state index in [9.17, 15) is 27.9 Å². The van der Waals surface area contributed by atoms with Gasteiger partial charge in [0.1, 0.15) is 17.2 Å². The van der Waals surface area contributed by atoms with Gasteiger partial charge in [-0.05, 0) is 86.7 Å². The quantitative estimate of drug-likeness (QED) is 0.298. The van der Waals surface area contributed by atoms with Crippen molar-refractivity contribution in [1.29, 1.82) is 0 Å². The first-order valence-corrected chi connectivity index (χ1v) is 12.4. The van der Waals surface area contributed by atoms with Crippen molar-refractivity contribution in [2.75, 3.05) is 6.26 Å². The molecule has 0 bridgehead atoms. The number of nitrogens with one attached hydrogen (secondary N) is 1. The Balaban J connectivity index is 1.67. The van der Waals surface area contributed by atoms with E-state index in [0.29, 0.717) is 22.8 Å². The first-order chi connectivity index (χ1) is 17.3. The molecular formula is C27H26F3NO5S. The number of carboxylic acid groups (broad SMARTS) is 1. The second kappa shape index (κ2) is 11.2. The number of carbonyl (C=O) groups excluding carboxylic acids is 1. The number of thioether (sulfide) groups is 1. The van der Waals surface area contributed by atoms with Crippen LogP contribution in [-0.4, -0.2) is 28.8 Å². The van der Waals surface area contributed by atoms with E-state index in [2.05, 4.69) is 5.32 Å². The largest absolute Gasteiger partial charge is 0.478 e. The topological polar surface area (TPSA) is 84.9 Å². The lowest BCUT2D eigenvalue weighted by Gasteiger charge is -2.23. The molecule has 0 aromatic heterocycles. The fourth-order valence-corrected chi connectivity index (χ4v) is 3.93. The van der Waals surface area contributed by atoms with Crippen LogP contribution >= 0.6 is 11.8 Å². The smallest absolute Gasteiger partial charge is 0.416 e. The molecule has 37 heavy (non-hydrogen) atoms. The number of hydrogen-bond donors (Lipinski definition) is 2. The van der Waals surface area contributed by atoms with Gasteiger partial charge in [-0.3, -0.25) is 4.79 Å². The fourth-order valence-electron chi connectivity index (χ4n) is 3.31. The zero-order chi connectivity index (χ0) is 27.4. The fraction of sp³-hybridized carbons (Fsp3) is 0.259. The van der Waals surface area contributed by atoms with Crippen molar-refractivity contribution in [1.82, 2.24) is 5.32 Å². The summed E-state index contributed by atoms with van der Waals surface area (Å²) < 4.78 is 50.5. The number of rotatable bonds is 9. The second-order valence-corrected chi connectivity index (χ2v) is 9.54. The Hall–Kier alpha value is -3.66. The Morgan fingerprint density at radius 1 is 1.00 bits per heavy atom. The van der Waals surface area contributed by atoms with Crippen LogP contribution in [0.5, 0.6) is 17.2 Å². The van der Waals surface area contributed by atoms with E-state index in [1.54, 1.807) is 55.6 Å². The van der Waals surface area contributed by atoms with Crippen LogP contribution in [0.15, 0.2) is 65.6 Å². The molecule has 0 heterocycles. The summed E-state index contributed by atoms with van der Waals surface area (Å²) in [6.45, 7) is 4.84. The van der Waals surface area contributed by atoms with Crippen LogP contribution in [0.3, 0.4) is 0 Å². The minimum absolute atomic E-state index is 0.140. The Morgan fingerprint density at radius 2 is 1.70 bits per heavy atom. The molecule has 10 heteroatoms. The molecule has 1 amide bonds. The standard InChI is InChI=1S/C27H26F3NO5S/c1-16-12-20(9-11-22(16)36-26(2,3)25(33)34)35-19-7-5-6-17(13-19)15-31-24(32)21-10-8-18(27(28,29)30)14-23(21)37-4/h5-14H,15H2,1-4H3,(H,31,32)(H,33,34). The van der Waals surface area contributed by atoms with Crippen molar-refractivity contribution in [2.45, 2.75) is 44.0 Å². The molecule has 0 atom stereocenters. The summed E-state index contributed by atoms with van der Waals surface area (Å²) in [6, 6.07) is 15.0. The van der Waals surface area contributed by atoms with E-state index in [-0.39, 0.29) is 17.0 Å². The Morgan fingerprint density at radius 3 is 2.32 bits per heavy atom. The predicted molar refractivity (Wildman–Crippen MR) is 134 cm³/mol. The van der Waals surface area contributed by atoms with Crippen LogP contribution in [0.25, 0.3) is 0 Å². The zero-order valence-corrected chi connectivity index (χ0v) is 21.4. The molecule has 3 rings (SSSR count). The molecule has 2 N–H and O–H groups in total. The summed E-state index contributed by atoms with van der Waals surface area (Å²) >= 11 is 1.07. The Kier molecular flexibility index (Phi) is 8.42. The van der Waals surface area contributed by atoms with Crippen LogP contribution < -0.4 is 14.8 Å². The van der Waals surface area contributed by atoms with Gasteiger partial charge < -0.3 is 19.9 Å². The predicted octanol–water partition coefficient (Wildman–Crippen LogP) is 6.70. The molecule has 0 aliphatic carbocycles. The molecule has 0 unspecified atom stereocenters. The number of alkyl halides is 3. The monoisotopic (exact) mass is 533 g/mol. The van der Waals surface area contributed by atoms with Crippen LogP contribution in [-0.2, 0) is 17.5 Å². The maximum absolute atomic E-state index is 13.0. The van der Waals surface area contributed by atoms with Gasteiger partial charge in [-0.25, -0.2) is 4.79 Å². The maximum Gasteiger partial charge on any atom is 0.416 e. The highest BCUT2D eigenvalue weighted by Crippen LogP contribution is 2.33. The second-order valence-electron chi connectivity index (χ2n) is 8.69. The van der Waals surface area contributed by atoms with Crippen LogP contribution in [0.2, 0.25) is 0 Å². The summed E-state index contributed by atoms with van der Waals surface area (Å²) in [5.74, 6) is -0.137. The molecule has 3 aromatic rings. The van der Waals surface area contributed by atoms with Gasteiger partial charge in [-0.15, -0.1) is 11.8 Å². The van der Waals surface area contributed by atoms with E-state index in [1.165, 1.54) is 19.9 Å². The number of hydrogen-bond acceptors (Lipinski definition) is 5. The average molecular weight is 534 g/mol. The lowest BCUT2D eigenvalue weighted by Crippen LogP contribution is -2.38. The minimum atomic E-state index is -4.49. The normalized spacial score (nSPS) is 11.6. The van der Waals surface area contributed by atoms with Crippen LogP contribution in [0, 0.1) is 6.92 Å². The number of amides is 1. The molecule has 0 aliphatic rings. The molecular weight excluding hydrogens is 507 g/mol. The van der Waals surface area contributed by atoms with Crippen molar-refractivity contribution in [2.24, 2.45) is 0 Å². The van der Waals surface area contributed by atoms with Gasteiger partial charge in [0.25, 0.3) is 5.91 Å². The van der Waals surface area contributed by atoms with Gasteiger partial charge in [0.2, 0.25) is 0 Å². The SMILES string of the molecule is CSc1cc(C(F)(F)F)ccc1C(=O)NCc1cccc(Oc2ccc(OC(C)(C)C(=O)O)c(C)c2)c1. The molecule has 196 valence electrons. The lowest BCUT2D eigenvalue weighted by atomic mass is 10.1. The number of ether oxygens (including phenoxy) is 2. The van der Waals surface area contributed by atoms with Crippen molar-refractivity contribution in [3.05, 3.63) is 82.9 Å². The molecule has 0 aliphatic heterocycles. The third kappa shape index (κ3) is 7.19. The molecule has 6 nitrogen and oxygen atoms in total. The first kappa shape index (κ1) is 27.9. The summed E-state index contributed by atoms with van der Waals surface area (Å²) in [6.07, 6.45) is -2.87. The van der Waals surface area contributed by atoms with Gasteiger partial charge in [0.05, 0.1) is 11.1 Å². The summed E-state index contributed by atoms with van der Waals surface area (Å²) in [7, 11) is 0. The Labute approximate surface area is 216 Å². The van der Waals surface area contributed by atoms with Gasteiger partial charge in [-0.1, -0.05) is 12.1 Å². The zero-order valence-electron chi connectivity index (χ0n) is 20.6. The highest BCUT2D eigenvalue weighted by molar-refractivity contribution is 7.98. The number of benzene rings is 3. The number of aryl methyl sites for hydroxylation is 1. The molecule has 0 saturated heterocycles. The minimum Gasteiger partial charge on any atom is -0.478 e. The number of halogens is 3. The van der Waals surface area contributed by atoms with Gasteiger partial charge in [0.15, 0.2) is 5.60 Å². The lowest BCUT2D eigenvalue weighted by molar-refractivity contribution is -0.152. The number of aliphatic carboxylic acids is 1. The van der Waals surface area contributed by atoms with E-state index in [0.717, 1.165) is 29.5 Å². The van der Waals surface area contributed by atoms with Crippen molar-refractivity contribution in [3.63, 3.8) is 0 Å². The first-order valence-electron chi connectivity index (χ1n) is 11.1. The van der Waals surface area contributed by atoms with Crippen molar-refractivity contribution in [3.8, 4) is 17.2 Å². The molecule has 0 fully saturated rings. The molecule has 0 saturated carbocycles. The third-order valence-electron chi connectivity index (χ3n) is 5.39. The van der Waals surface area contributed by atoms with Gasteiger partial charge >= 0.3 is 12.1 Å². The molecule has 0 spiro atoms. The average Bonchev–Trinajstić information content (AvgIpc) is 2.83. The number of carboxylic acids is 1. The van der Waals surface area contributed by atoms with E-state index in [4.69, 9.17) is 9.47 Å². The van der Waals surface area contributed by atoms with Gasteiger partial charge in [0, 0.05) is 11.4 Å². The third-order valence-corrected chi connectivity index (χ3v) is 6.16. The number of carbonyl (C=O) groups is 2. The van der Waals surface area contributed by atoms with Crippen molar-refractivity contribution >= 4 is 23.6 Å². The van der Waals surface area contributed by atoms with Gasteiger partial charge in [-0.2, -0.15) is 13.2 Å². The molecule has 3 aromatic carbocycles. The maximum atomic E-state index is 13.0. The van der Waals surface area contributed by atoms with E-state index in [1.807, 2.05) is 0 Å². The highest BCUT2D eigenvalue weighted by atomic mass is 32.2. The summed E-state index contributed by atoms with van der Waals surface area (Å²) in [5, 5.41) is 12.0. The van der Waals surface area contributed by atoms with Crippen LogP contribution in [0.4, 0.5) is 13.2 Å². The molecule has 0 radical (unpaired) electrons. The Bertz CT molecular complexity index is 1310.